The highest BCUT2D eigenvalue weighted by molar-refractivity contribution is 6.09. The van der Waals surface area contributed by atoms with Gasteiger partial charge in [0.05, 0.1) is 6.04 Å². The summed E-state index contributed by atoms with van der Waals surface area (Å²) in [6.07, 6.45) is 8.83. The standard InChI is InChI=1S/C20H26N4O3/c1-14-5-2-3-9-20(14)18(26)24(19(27)22-20)13-17(25)23-12-4-6-16(23)15-7-10-21-11-8-15/h7-8,10-11,14,16H,2-6,9,12-13H2,1H3,(H,22,27). The molecule has 3 unspecified atom stereocenters. The van der Waals surface area contributed by atoms with Crippen molar-refractivity contribution in [3.05, 3.63) is 30.1 Å². The number of likely N-dealkylation sites (tertiary alicyclic amines) is 1. The van der Waals surface area contributed by atoms with Gasteiger partial charge in [0.2, 0.25) is 5.91 Å². The van der Waals surface area contributed by atoms with Crippen LogP contribution in [0.15, 0.2) is 24.5 Å². The van der Waals surface area contributed by atoms with E-state index in [9.17, 15) is 14.4 Å². The Hall–Kier alpha value is -2.44. The van der Waals surface area contributed by atoms with E-state index in [4.69, 9.17) is 0 Å². The number of carbonyl (C=O) groups is 3. The molecule has 3 fully saturated rings. The van der Waals surface area contributed by atoms with Crippen LogP contribution in [0.1, 0.15) is 57.1 Å². The number of rotatable bonds is 3. The van der Waals surface area contributed by atoms with E-state index in [0.717, 1.165) is 42.6 Å². The minimum absolute atomic E-state index is 0.0103. The van der Waals surface area contributed by atoms with Crippen molar-refractivity contribution in [1.82, 2.24) is 20.1 Å². The number of hydrogen-bond donors (Lipinski definition) is 1. The lowest BCUT2D eigenvalue weighted by Crippen LogP contribution is -2.54. The van der Waals surface area contributed by atoms with Gasteiger partial charge in [-0.2, -0.15) is 0 Å². The Morgan fingerprint density at radius 3 is 2.74 bits per heavy atom. The highest BCUT2D eigenvalue weighted by atomic mass is 16.2. The highest BCUT2D eigenvalue weighted by Gasteiger charge is 2.55. The SMILES string of the molecule is CC1CCCCC12NC(=O)N(CC(=O)N1CCCC1c1ccncc1)C2=O. The summed E-state index contributed by atoms with van der Waals surface area (Å²) in [7, 11) is 0. The van der Waals surface area contributed by atoms with E-state index >= 15 is 0 Å². The van der Waals surface area contributed by atoms with Gasteiger partial charge in [0.15, 0.2) is 0 Å². The monoisotopic (exact) mass is 370 g/mol. The van der Waals surface area contributed by atoms with Gasteiger partial charge in [-0.3, -0.25) is 19.5 Å². The van der Waals surface area contributed by atoms with Crippen LogP contribution in [0.2, 0.25) is 0 Å². The Kier molecular flexibility index (Phi) is 4.61. The Labute approximate surface area is 159 Å². The van der Waals surface area contributed by atoms with E-state index in [1.54, 1.807) is 17.3 Å². The first-order valence-corrected chi connectivity index (χ1v) is 9.86. The number of hydrogen-bond acceptors (Lipinski definition) is 4. The molecule has 1 saturated carbocycles. The summed E-state index contributed by atoms with van der Waals surface area (Å²) in [5, 5.41) is 2.92. The first kappa shape index (κ1) is 17.9. The molecule has 1 aliphatic carbocycles. The lowest BCUT2D eigenvalue weighted by molar-refractivity contribution is -0.141. The van der Waals surface area contributed by atoms with Crippen molar-refractivity contribution in [2.75, 3.05) is 13.1 Å². The maximum absolute atomic E-state index is 13.1. The van der Waals surface area contributed by atoms with Crippen LogP contribution in [0.4, 0.5) is 4.79 Å². The zero-order valence-electron chi connectivity index (χ0n) is 15.7. The molecular formula is C20H26N4O3. The number of amides is 4. The predicted octanol–water partition coefficient (Wildman–Crippen LogP) is 2.25. The average molecular weight is 370 g/mol. The molecule has 27 heavy (non-hydrogen) atoms. The third-order valence-corrected chi connectivity index (χ3v) is 6.46. The van der Waals surface area contributed by atoms with E-state index in [-0.39, 0.29) is 30.3 Å². The topological polar surface area (TPSA) is 82.6 Å². The van der Waals surface area contributed by atoms with Crippen molar-refractivity contribution in [1.29, 1.82) is 0 Å². The van der Waals surface area contributed by atoms with E-state index in [2.05, 4.69) is 10.3 Å². The van der Waals surface area contributed by atoms with E-state index in [1.807, 2.05) is 19.1 Å². The van der Waals surface area contributed by atoms with Gasteiger partial charge in [0.25, 0.3) is 5.91 Å². The third-order valence-electron chi connectivity index (χ3n) is 6.46. The van der Waals surface area contributed by atoms with Gasteiger partial charge in [0.1, 0.15) is 12.1 Å². The molecule has 1 N–H and O–H groups in total. The molecule has 4 rings (SSSR count). The number of urea groups is 1. The van der Waals surface area contributed by atoms with Gasteiger partial charge < -0.3 is 10.2 Å². The van der Waals surface area contributed by atoms with Crippen LogP contribution in [-0.2, 0) is 9.59 Å². The van der Waals surface area contributed by atoms with Gasteiger partial charge in [-0.15, -0.1) is 0 Å². The second-order valence-electron chi connectivity index (χ2n) is 7.97. The summed E-state index contributed by atoms with van der Waals surface area (Å²) in [6.45, 7) is 2.49. The lowest BCUT2D eigenvalue weighted by atomic mass is 9.73. The van der Waals surface area contributed by atoms with Crippen LogP contribution in [0, 0.1) is 5.92 Å². The van der Waals surface area contributed by atoms with Crippen LogP contribution >= 0.6 is 0 Å². The van der Waals surface area contributed by atoms with Crippen molar-refractivity contribution in [3.8, 4) is 0 Å². The van der Waals surface area contributed by atoms with E-state index < -0.39 is 11.6 Å². The Bertz CT molecular complexity index is 753. The van der Waals surface area contributed by atoms with Crippen LogP contribution in [0.5, 0.6) is 0 Å². The summed E-state index contributed by atoms with van der Waals surface area (Å²) in [4.78, 5) is 45.5. The maximum Gasteiger partial charge on any atom is 0.325 e. The quantitative estimate of drug-likeness (QED) is 0.827. The summed E-state index contributed by atoms with van der Waals surface area (Å²) in [6, 6.07) is 3.40. The number of aromatic nitrogens is 1. The molecule has 0 aromatic carbocycles. The molecule has 1 spiro atoms. The number of pyridine rings is 1. The smallest absolute Gasteiger partial charge is 0.325 e. The van der Waals surface area contributed by atoms with Gasteiger partial charge in [0, 0.05) is 18.9 Å². The number of nitrogens with zero attached hydrogens (tertiary/aromatic N) is 3. The summed E-state index contributed by atoms with van der Waals surface area (Å²) in [5.41, 5.74) is 0.232. The van der Waals surface area contributed by atoms with Crippen LogP contribution in [-0.4, -0.2) is 51.3 Å². The molecule has 3 heterocycles. The first-order valence-electron chi connectivity index (χ1n) is 9.86. The van der Waals surface area contributed by atoms with Crippen molar-refractivity contribution in [2.45, 2.75) is 57.0 Å². The van der Waals surface area contributed by atoms with Crippen LogP contribution in [0.3, 0.4) is 0 Å². The van der Waals surface area contributed by atoms with Gasteiger partial charge in [-0.05, 0) is 49.3 Å². The zero-order chi connectivity index (χ0) is 19.0. The largest absolute Gasteiger partial charge is 0.334 e. The molecule has 0 radical (unpaired) electrons. The average Bonchev–Trinajstić information content (AvgIpc) is 3.25. The second-order valence-corrected chi connectivity index (χ2v) is 7.97. The predicted molar refractivity (Wildman–Crippen MR) is 98.5 cm³/mol. The second kappa shape index (κ2) is 6.94. The van der Waals surface area contributed by atoms with Gasteiger partial charge in [-0.1, -0.05) is 19.8 Å². The zero-order valence-corrected chi connectivity index (χ0v) is 15.7. The third kappa shape index (κ3) is 2.99. The molecule has 3 aliphatic rings. The Morgan fingerprint density at radius 2 is 2.00 bits per heavy atom. The molecule has 1 aromatic heterocycles. The summed E-state index contributed by atoms with van der Waals surface area (Å²) < 4.78 is 0. The molecule has 7 heteroatoms. The number of carbonyl (C=O) groups excluding carboxylic acids is 3. The molecule has 2 saturated heterocycles. The van der Waals surface area contributed by atoms with Crippen molar-refractivity contribution < 1.29 is 14.4 Å². The van der Waals surface area contributed by atoms with Gasteiger partial charge >= 0.3 is 6.03 Å². The van der Waals surface area contributed by atoms with E-state index in [1.165, 1.54) is 0 Å². The van der Waals surface area contributed by atoms with Crippen LogP contribution < -0.4 is 5.32 Å². The molecule has 4 amide bonds. The minimum atomic E-state index is -0.814. The summed E-state index contributed by atoms with van der Waals surface area (Å²) >= 11 is 0. The van der Waals surface area contributed by atoms with Crippen molar-refractivity contribution in [2.24, 2.45) is 5.92 Å². The fraction of sp³-hybridized carbons (Fsp3) is 0.600. The number of imide groups is 1. The fourth-order valence-corrected chi connectivity index (χ4v) is 4.86. The van der Waals surface area contributed by atoms with Crippen molar-refractivity contribution >= 4 is 17.8 Å². The molecule has 2 aliphatic heterocycles. The molecule has 144 valence electrons. The highest BCUT2D eigenvalue weighted by Crippen LogP contribution is 2.38. The van der Waals surface area contributed by atoms with E-state index in [0.29, 0.717) is 13.0 Å². The molecule has 0 bridgehead atoms. The molecule has 3 atom stereocenters. The molecule has 1 aromatic rings. The Balaban J connectivity index is 1.49. The normalized spacial score (nSPS) is 30.9. The first-order chi connectivity index (χ1) is 13.0. The fourth-order valence-electron chi connectivity index (χ4n) is 4.86. The molecule has 7 nitrogen and oxygen atoms in total. The summed E-state index contributed by atoms with van der Waals surface area (Å²) in [5.74, 6) is -0.301. The van der Waals surface area contributed by atoms with Gasteiger partial charge in [-0.25, -0.2) is 4.79 Å². The number of nitrogens with one attached hydrogen (secondary N) is 1. The van der Waals surface area contributed by atoms with Crippen LogP contribution in [0.25, 0.3) is 0 Å². The van der Waals surface area contributed by atoms with Crippen molar-refractivity contribution in [3.63, 3.8) is 0 Å². The lowest BCUT2D eigenvalue weighted by Gasteiger charge is -2.36. The Morgan fingerprint density at radius 1 is 1.22 bits per heavy atom. The maximum atomic E-state index is 13.1. The molecular weight excluding hydrogens is 344 g/mol. The minimum Gasteiger partial charge on any atom is -0.334 e.